The first kappa shape index (κ1) is 27.4. The molecule has 0 radical (unpaired) electrons. The van der Waals surface area contributed by atoms with Crippen molar-refractivity contribution in [2.75, 3.05) is 18.0 Å². The lowest BCUT2D eigenvalue weighted by Gasteiger charge is -2.37. The van der Waals surface area contributed by atoms with E-state index in [0.717, 1.165) is 24.4 Å². The fourth-order valence-electron chi connectivity index (χ4n) is 4.70. The quantitative estimate of drug-likeness (QED) is 0.336. The monoisotopic (exact) mass is 560 g/mol. The number of pyridine rings is 1. The van der Waals surface area contributed by atoms with E-state index in [9.17, 15) is 26.7 Å². The van der Waals surface area contributed by atoms with E-state index in [4.69, 9.17) is 9.47 Å². The predicted molar refractivity (Wildman–Crippen MR) is 136 cm³/mol. The topological polar surface area (TPSA) is 69.5 Å². The van der Waals surface area contributed by atoms with E-state index in [1.165, 1.54) is 0 Å². The lowest BCUT2D eigenvalue weighted by atomic mass is 9.75. The summed E-state index contributed by atoms with van der Waals surface area (Å²) in [6, 6.07) is 5.08. The van der Waals surface area contributed by atoms with E-state index in [2.05, 4.69) is 40.9 Å². The number of fused-ring (bicyclic) bond motifs is 1. The molecule has 2 aliphatic rings. The van der Waals surface area contributed by atoms with Crippen LogP contribution in [0.25, 0.3) is 0 Å². The van der Waals surface area contributed by atoms with E-state index in [0.29, 0.717) is 31.5 Å². The zero-order valence-corrected chi connectivity index (χ0v) is 21.6. The lowest BCUT2D eigenvalue weighted by molar-refractivity contribution is -0.141. The van der Waals surface area contributed by atoms with Gasteiger partial charge < -0.3 is 14.4 Å². The number of nitrogens with zero attached hydrogens (tertiary/aromatic N) is 4. The number of anilines is 1. The van der Waals surface area contributed by atoms with Crippen LogP contribution in [0.15, 0.2) is 65.6 Å². The molecule has 3 aromatic rings. The molecule has 1 aromatic carbocycles. The van der Waals surface area contributed by atoms with Crippen molar-refractivity contribution in [2.45, 2.75) is 33.2 Å². The Balaban J connectivity index is 1.30. The first-order valence-electron chi connectivity index (χ1n) is 12.5. The van der Waals surface area contributed by atoms with E-state index >= 15 is 0 Å². The second-order valence-corrected chi connectivity index (χ2v) is 10.0. The van der Waals surface area contributed by atoms with Crippen LogP contribution in [0.1, 0.15) is 25.1 Å². The highest BCUT2D eigenvalue weighted by molar-refractivity contribution is 5.46. The molecule has 0 fully saturated rings. The minimum atomic E-state index is -4.75. The van der Waals surface area contributed by atoms with Crippen LogP contribution in [-0.2, 0) is 19.3 Å². The molecule has 0 N–H and O–H groups in total. The summed E-state index contributed by atoms with van der Waals surface area (Å²) in [5.74, 6) is -2.66. The van der Waals surface area contributed by atoms with Gasteiger partial charge in [-0.2, -0.15) is 18.2 Å². The van der Waals surface area contributed by atoms with Crippen LogP contribution in [0.5, 0.6) is 17.4 Å². The fourth-order valence-corrected chi connectivity index (χ4v) is 4.70. The fraction of sp³-hybridized carbons (Fsp3) is 0.321. The second kappa shape index (κ2) is 10.4. The number of hydrogen-bond donors (Lipinski definition) is 0. The summed E-state index contributed by atoms with van der Waals surface area (Å²) < 4.78 is 80.3. The number of aromatic nitrogens is 3. The Hall–Kier alpha value is -4.22. The highest BCUT2D eigenvalue weighted by atomic mass is 19.4. The maximum atomic E-state index is 14.7. The first-order valence-corrected chi connectivity index (χ1v) is 12.5. The molecule has 0 bridgehead atoms. The molecule has 1 aliphatic carbocycles. The zero-order valence-electron chi connectivity index (χ0n) is 21.6. The molecule has 2 atom stereocenters. The van der Waals surface area contributed by atoms with Crippen molar-refractivity contribution in [1.29, 1.82) is 0 Å². The Bertz CT molecular complexity index is 1530. The molecule has 7 nitrogen and oxygen atoms in total. The van der Waals surface area contributed by atoms with E-state index in [1.807, 2.05) is 12.2 Å². The number of hydrogen-bond acceptors (Lipinski definition) is 6. The molecule has 5 rings (SSSR count). The normalized spacial score (nSPS) is 20.1. The summed E-state index contributed by atoms with van der Waals surface area (Å²) in [6.07, 6.45) is 4.39. The van der Waals surface area contributed by atoms with Crippen molar-refractivity contribution in [2.24, 2.45) is 11.3 Å². The zero-order chi connectivity index (χ0) is 28.7. The van der Waals surface area contributed by atoms with Crippen LogP contribution in [-0.4, -0.2) is 27.6 Å². The number of alkyl halides is 3. The first-order chi connectivity index (χ1) is 18.9. The maximum Gasteiger partial charge on any atom is 0.433 e. The highest BCUT2D eigenvalue weighted by Crippen LogP contribution is 2.37. The molecular formula is C28H25F5N4O3. The molecule has 0 spiro atoms. The Kier molecular flexibility index (Phi) is 7.11. The lowest BCUT2D eigenvalue weighted by Crippen LogP contribution is -2.38. The summed E-state index contributed by atoms with van der Waals surface area (Å²) in [7, 11) is 0. The van der Waals surface area contributed by atoms with Gasteiger partial charge >= 0.3 is 11.9 Å². The van der Waals surface area contributed by atoms with Gasteiger partial charge in [0, 0.05) is 43.4 Å². The van der Waals surface area contributed by atoms with Crippen LogP contribution in [0.3, 0.4) is 0 Å². The van der Waals surface area contributed by atoms with Crippen LogP contribution >= 0.6 is 0 Å². The largest absolute Gasteiger partial charge is 0.473 e. The van der Waals surface area contributed by atoms with Crippen molar-refractivity contribution >= 4 is 5.82 Å². The van der Waals surface area contributed by atoms with Gasteiger partial charge in [0.2, 0.25) is 5.88 Å². The van der Waals surface area contributed by atoms with Crippen molar-refractivity contribution in [1.82, 2.24) is 14.5 Å². The Morgan fingerprint density at radius 2 is 1.85 bits per heavy atom. The van der Waals surface area contributed by atoms with Gasteiger partial charge in [-0.15, -0.1) is 0 Å². The van der Waals surface area contributed by atoms with E-state index < -0.39 is 40.7 Å². The molecule has 40 heavy (non-hydrogen) atoms. The highest BCUT2D eigenvalue weighted by Gasteiger charge is 2.34. The Morgan fingerprint density at radius 1 is 1.10 bits per heavy atom. The number of ether oxygens (including phenoxy) is 2. The average Bonchev–Trinajstić information content (AvgIpc) is 3.29. The summed E-state index contributed by atoms with van der Waals surface area (Å²) in [6.45, 7) is 5.73. The third-order valence-electron chi connectivity index (χ3n) is 7.13. The molecule has 210 valence electrons. The van der Waals surface area contributed by atoms with Crippen LogP contribution < -0.4 is 20.1 Å². The molecule has 1 unspecified atom stereocenters. The SMILES string of the molecule is CC1C=CC=C[C@]1(C)CN1CCn2c1cc(OCc1cc(F)c(Oc3ccnc(C(F)(F)F)c3)c(F)c1)nc2=O. The molecule has 1 aliphatic heterocycles. The number of rotatable bonds is 7. The van der Waals surface area contributed by atoms with E-state index in [1.54, 1.807) is 10.6 Å². The smallest absolute Gasteiger partial charge is 0.433 e. The number of benzene rings is 1. The minimum absolute atomic E-state index is 0.00181. The third-order valence-corrected chi connectivity index (χ3v) is 7.13. The van der Waals surface area contributed by atoms with Gasteiger partial charge in [-0.05, 0) is 29.7 Å². The minimum Gasteiger partial charge on any atom is -0.473 e. The average molecular weight is 561 g/mol. The van der Waals surface area contributed by atoms with Gasteiger partial charge in [0.25, 0.3) is 0 Å². The summed E-state index contributed by atoms with van der Waals surface area (Å²) in [4.78, 5) is 21.9. The molecule has 3 heterocycles. The van der Waals surface area contributed by atoms with Crippen molar-refractivity contribution in [3.8, 4) is 17.4 Å². The molecule has 0 saturated heterocycles. The third kappa shape index (κ3) is 5.56. The van der Waals surface area contributed by atoms with Crippen molar-refractivity contribution < 1.29 is 31.4 Å². The van der Waals surface area contributed by atoms with Gasteiger partial charge in [0.1, 0.15) is 23.9 Å². The number of halogens is 5. The summed E-state index contributed by atoms with van der Waals surface area (Å²) in [5.41, 5.74) is -1.84. The molecule has 2 aromatic heterocycles. The van der Waals surface area contributed by atoms with Gasteiger partial charge in [-0.3, -0.25) is 9.55 Å². The second-order valence-electron chi connectivity index (χ2n) is 10.0. The van der Waals surface area contributed by atoms with Crippen molar-refractivity contribution in [3.63, 3.8) is 0 Å². The van der Waals surface area contributed by atoms with Gasteiger partial charge in [0.15, 0.2) is 17.4 Å². The Morgan fingerprint density at radius 3 is 2.55 bits per heavy atom. The maximum absolute atomic E-state index is 14.7. The Labute approximate surface area is 226 Å². The number of allylic oxidation sites excluding steroid dienone is 3. The molecular weight excluding hydrogens is 535 g/mol. The van der Waals surface area contributed by atoms with Crippen LogP contribution in [0, 0.1) is 23.0 Å². The van der Waals surface area contributed by atoms with Crippen LogP contribution in [0.4, 0.5) is 27.8 Å². The molecule has 0 saturated carbocycles. The molecule has 0 amide bonds. The summed E-state index contributed by atoms with van der Waals surface area (Å²) in [5, 5.41) is 0. The standard InChI is InChI=1S/C28H25F5N4O3/c1-17-5-3-4-7-27(17,2)16-36-9-10-37-24(36)14-23(35-26(37)38)39-15-18-11-20(29)25(21(30)12-18)40-19-6-8-34-22(13-19)28(31,32)33/h3-8,11-14,17H,9-10,15-16H2,1-2H3/t17?,27-/m1/s1. The predicted octanol–water partition coefficient (Wildman–Crippen LogP) is 5.90. The van der Waals surface area contributed by atoms with Crippen molar-refractivity contribution in [3.05, 3.63) is 94.2 Å². The van der Waals surface area contributed by atoms with Gasteiger partial charge in [-0.1, -0.05) is 38.2 Å². The van der Waals surface area contributed by atoms with E-state index in [-0.39, 0.29) is 29.4 Å². The summed E-state index contributed by atoms with van der Waals surface area (Å²) >= 11 is 0. The van der Waals surface area contributed by atoms with Crippen LogP contribution in [0.2, 0.25) is 0 Å². The van der Waals surface area contributed by atoms with Gasteiger partial charge in [0.05, 0.1) is 0 Å². The molecule has 12 heteroatoms. The van der Waals surface area contributed by atoms with Gasteiger partial charge in [-0.25, -0.2) is 13.6 Å².